The lowest BCUT2D eigenvalue weighted by atomic mass is 9.91. The topological polar surface area (TPSA) is 17.1 Å². The molecule has 0 radical (unpaired) electrons. The molecular formula is C10H9FO. The first-order chi connectivity index (χ1) is 5.77. The summed E-state index contributed by atoms with van der Waals surface area (Å²) >= 11 is 0. The summed E-state index contributed by atoms with van der Waals surface area (Å²) < 4.78 is 13.1. The molecule has 1 aromatic carbocycles. The molecule has 0 atom stereocenters. The summed E-state index contributed by atoms with van der Waals surface area (Å²) in [5, 5.41) is 0. The molecule has 0 aliphatic heterocycles. The largest absolute Gasteiger partial charge is 0.299 e. The second kappa shape index (κ2) is 2.70. The summed E-state index contributed by atoms with van der Waals surface area (Å²) in [6, 6.07) is 5.01. The maximum Gasteiger partial charge on any atom is 0.137 e. The fourth-order valence-electron chi connectivity index (χ4n) is 1.60. The van der Waals surface area contributed by atoms with Crippen LogP contribution >= 0.6 is 0 Å². The van der Waals surface area contributed by atoms with Gasteiger partial charge in [0, 0.05) is 12.8 Å². The molecule has 2 heteroatoms. The smallest absolute Gasteiger partial charge is 0.137 e. The maximum atomic E-state index is 13.1. The van der Waals surface area contributed by atoms with Crippen molar-refractivity contribution in [2.45, 2.75) is 19.3 Å². The highest BCUT2D eigenvalue weighted by atomic mass is 19.1. The van der Waals surface area contributed by atoms with Gasteiger partial charge in [-0.2, -0.15) is 0 Å². The molecule has 2 rings (SSSR count). The number of fused-ring (bicyclic) bond motifs is 1. The summed E-state index contributed by atoms with van der Waals surface area (Å²) in [4.78, 5) is 11.0. The lowest BCUT2D eigenvalue weighted by Crippen LogP contribution is -2.14. The number of ketones is 1. The van der Waals surface area contributed by atoms with E-state index in [1.165, 1.54) is 6.07 Å². The normalized spacial score (nSPS) is 15.9. The minimum Gasteiger partial charge on any atom is -0.299 e. The lowest BCUT2D eigenvalue weighted by Gasteiger charge is -2.14. The summed E-state index contributed by atoms with van der Waals surface area (Å²) in [7, 11) is 0. The molecule has 1 nitrogen and oxygen atoms in total. The molecule has 1 aliphatic rings. The van der Waals surface area contributed by atoms with Gasteiger partial charge < -0.3 is 0 Å². The van der Waals surface area contributed by atoms with Crippen molar-refractivity contribution in [2.24, 2.45) is 0 Å². The second-order valence-electron chi connectivity index (χ2n) is 3.09. The Balaban J connectivity index is 2.50. The van der Waals surface area contributed by atoms with E-state index in [0.717, 1.165) is 5.56 Å². The van der Waals surface area contributed by atoms with Crippen molar-refractivity contribution in [1.29, 1.82) is 0 Å². The lowest BCUT2D eigenvalue weighted by molar-refractivity contribution is -0.118. The Kier molecular flexibility index (Phi) is 1.68. The van der Waals surface area contributed by atoms with Gasteiger partial charge in [-0.3, -0.25) is 4.79 Å². The van der Waals surface area contributed by atoms with Crippen LogP contribution in [0.4, 0.5) is 4.39 Å². The van der Waals surface area contributed by atoms with Gasteiger partial charge in [-0.1, -0.05) is 12.1 Å². The van der Waals surface area contributed by atoms with E-state index >= 15 is 0 Å². The highest BCUT2D eigenvalue weighted by molar-refractivity contribution is 5.83. The number of hydrogen-bond acceptors (Lipinski definition) is 1. The van der Waals surface area contributed by atoms with Crippen LogP contribution in [0.15, 0.2) is 18.2 Å². The molecule has 0 unspecified atom stereocenters. The Morgan fingerprint density at radius 3 is 2.92 bits per heavy atom. The minimum absolute atomic E-state index is 0.146. The van der Waals surface area contributed by atoms with Crippen molar-refractivity contribution >= 4 is 5.78 Å². The number of carbonyl (C=O) groups excluding carboxylic acids is 1. The van der Waals surface area contributed by atoms with Crippen LogP contribution in [0.5, 0.6) is 0 Å². The predicted molar refractivity (Wildman–Crippen MR) is 43.4 cm³/mol. The van der Waals surface area contributed by atoms with Crippen LogP contribution < -0.4 is 0 Å². The molecule has 0 fully saturated rings. The van der Waals surface area contributed by atoms with E-state index in [4.69, 9.17) is 0 Å². The Hall–Kier alpha value is -1.18. The number of Topliss-reactive ketones (excluding diaryl/α,β-unsaturated/α-hetero) is 1. The average molecular weight is 164 g/mol. The van der Waals surface area contributed by atoms with E-state index < -0.39 is 0 Å². The highest BCUT2D eigenvalue weighted by Gasteiger charge is 2.17. The van der Waals surface area contributed by atoms with Crippen LogP contribution in [0.3, 0.4) is 0 Å². The molecule has 0 heterocycles. The molecular weight excluding hydrogens is 155 g/mol. The monoisotopic (exact) mass is 164 g/mol. The van der Waals surface area contributed by atoms with Crippen molar-refractivity contribution in [3.05, 3.63) is 35.1 Å². The molecule has 0 saturated heterocycles. The molecule has 0 spiro atoms. The van der Waals surface area contributed by atoms with Crippen molar-refractivity contribution in [2.75, 3.05) is 0 Å². The average Bonchev–Trinajstić information content (AvgIpc) is 2.07. The molecule has 1 aliphatic carbocycles. The number of rotatable bonds is 0. The third kappa shape index (κ3) is 1.13. The van der Waals surface area contributed by atoms with Gasteiger partial charge in [-0.15, -0.1) is 0 Å². The molecule has 0 aromatic heterocycles. The highest BCUT2D eigenvalue weighted by Crippen LogP contribution is 2.21. The van der Waals surface area contributed by atoms with Crippen molar-refractivity contribution in [1.82, 2.24) is 0 Å². The van der Waals surface area contributed by atoms with Gasteiger partial charge in [0.15, 0.2) is 0 Å². The van der Waals surface area contributed by atoms with Crippen LogP contribution in [-0.2, 0) is 17.6 Å². The zero-order valence-electron chi connectivity index (χ0n) is 6.64. The van der Waals surface area contributed by atoms with Crippen LogP contribution in [0.25, 0.3) is 0 Å². The van der Waals surface area contributed by atoms with Crippen molar-refractivity contribution in [3.63, 3.8) is 0 Å². The number of benzene rings is 1. The second-order valence-corrected chi connectivity index (χ2v) is 3.09. The number of hydrogen-bond donors (Lipinski definition) is 0. The fraction of sp³-hybridized carbons (Fsp3) is 0.300. The number of halogens is 1. The summed E-state index contributed by atoms with van der Waals surface area (Å²) in [5.74, 6) is -0.0897. The quantitative estimate of drug-likeness (QED) is 0.572. The van der Waals surface area contributed by atoms with Crippen LogP contribution in [0, 0.1) is 5.82 Å². The van der Waals surface area contributed by atoms with E-state index in [2.05, 4.69) is 0 Å². The molecule has 12 heavy (non-hydrogen) atoms. The molecule has 0 N–H and O–H groups in total. The molecule has 0 bridgehead atoms. The van der Waals surface area contributed by atoms with Crippen LogP contribution in [0.2, 0.25) is 0 Å². The molecule has 0 saturated carbocycles. The van der Waals surface area contributed by atoms with Gasteiger partial charge in [0.25, 0.3) is 0 Å². The third-order valence-corrected chi connectivity index (χ3v) is 2.26. The first-order valence-corrected chi connectivity index (χ1v) is 4.05. The van der Waals surface area contributed by atoms with Gasteiger partial charge in [0.05, 0.1) is 0 Å². The van der Waals surface area contributed by atoms with Crippen LogP contribution in [-0.4, -0.2) is 5.78 Å². The van der Waals surface area contributed by atoms with Crippen molar-refractivity contribution in [3.8, 4) is 0 Å². The fourth-order valence-corrected chi connectivity index (χ4v) is 1.60. The van der Waals surface area contributed by atoms with Gasteiger partial charge >= 0.3 is 0 Å². The zero-order valence-corrected chi connectivity index (χ0v) is 6.64. The number of carbonyl (C=O) groups is 1. The van der Waals surface area contributed by atoms with E-state index in [-0.39, 0.29) is 18.0 Å². The van der Waals surface area contributed by atoms with Gasteiger partial charge in [-0.25, -0.2) is 4.39 Å². The third-order valence-electron chi connectivity index (χ3n) is 2.26. The minimum atomic E-state index is -0.236. The van der Waals surface area contributed by atoms with Crippen molar-refractivity contribution < 1.29 is 9.18 Å². The first kappa shape index (κ1) is 7.47. The molecule has 0 amide bonds. The van der Waals surface area contributed by atoms with E-state index in [9.17, 15) is 9.18 Å². The summed E-state index contributed by atoms with van der Waals surface area (Å²) in [6.07, 6.45) is 1.55. The zero-order chi connectivity index (χ0) is 8.55. The molecule has 62 valence electrons. The maximum absolute atomic E-state index is 13.1. The SMILES string of the molecule is O=C1CCc2cccc(F)c2C1. The summed E-state index contributed by atoms with van der Waals surface area (Å²) in [5.41, 5.74) is 1.60. The Labute approximate surface area is 70.2 Å². The van der Waals surface area contributed by atoms with E-state index in [0.29, 0.717) is 18.4 Å². The molecule has 1 aromatic rings. The Morgan fingerprint density at radius 2 is 2.08 bits per heavy atom. The van der Waals surface area contributed by atoms with Gasteiger partial charge in [-0.05, 0) is 23.6 Å². The van der Waals surface area contributed by atoms with Gasteiger partial charge in [0.2, 0.25) is 0 Å². The standard InChI is InChI=1S/C10H9FO/c11-10-3-1-2-7-4-5-8(12)6-9(7)10/h1-3H,4-6H2. The number of aryl methyl sites for hydroxylation is 1. The van der Waals surface area contributed by atoms with Crippen LogP contribution in [0.1, 0.15) is 17.5 Å². The predicted octanol–water partition coefficient (Wildman–Crippen LogP) is 1.88. The summed E-state index contributed by atoms with van der Waals surface area (Å²) in [6.45, 7) is 0. The van der Waals surface area contributed by atoms with E-state index in [1.54, 1.807) is 6.07 Å². The Morgan fingerprint density at radius 1 is 1.25 bits per heavy atom. The van der Waals surface area contributed by atoms with Gasteiger partial charge in [0.1, 0.15) is 11.6 Å². The Bertz CT molecular complexity index is 331. The van der Waals surface area contributed by atoms with E-state index in [1.807, 2.05) is 6.07 Å². The first-order valence-electron chi connectivity index (χ1n) is 4.05.